The number of nitrogens with zero attached hydrogens (tertiary/aromatic N) is 1. The summed E-state index contributed by atoms with van der Waals surface area (Å²) in [6, 6.07) is 11.0. The molecule has 1 aromatic rings. The minimum absolute atomic E-state index is 0.353. The van der Waals surface area contributed by atoms with Crippen LogP contribution >= 0.6 is 0 Å². The molecular formula is C13H15NO. The molecule has 3 rings (SSSR count). The minimum Gasteiger partial charge on any atom is -0.339 e. The van der Waals surface area contributed by atoms with Crippen LogP contribution < -0.4 is 0 Å². The fourth-order valence-corrected chi connectivity index (χ4v) is 3.00. The van der Waals surface area contributed by atoms with Gasteiger partial charge in [0.25, 0.3) is 0 Å². The predicted molar refractivity (Wildman–Crippen MR) is 58.5 cm³/mol. The van der Waals surface area contributed by atoms with Crippen molar-refractivity contribution >= 4 is 5.91 Å². The van der Waals surface area contributed by atoms with Crippen molar-refractivity contribution in [2.75, 3.05) is 6.54 Å². The average molecular weight is 201 g/mol. The first-order chi connectivity index (χ1) is 7.36. The lowest BCUT2D eigenvalue weighted by atomic mass is 9.90. The number of carbonyl (C=O) groups is 1. The van der Waals surface area contributed by atoms with E-state index in [1.165, 1.54) is 18.4 Å². The van der Waals surface area contributed by atoms with Crippen molar-refractivity contribution in [3.8, 4) is 0 Å². The van der Waals surface area contributed by atoms with Gasteiger partial charge >= 0.3 is 0 Å². The van der Waals surface area contributed by atoms with Gasteiger partial charge < -0.3 is 4.90 Å². The Bertz CT molecular complexity index is 373. The van der Waals surface area contributed by atoms with Crippen molar-refractivity contribution in [1.29, 1.82) is 0 Å². The van der Waals surface area contributed by atoms with Crippen molar-refractivity contribution in [1.82, 2.24) is 4.90 Å². The third-order valence-electron chi connectivity index (χ3n) is 3.71. The Labute approximate surface area is 89.9 Å². The third kappa shape index (κ3) is 1.36. The molecule has 2 nitrogen and oxygen atoms in total. The van der Waals surface area contributed by atoms with Crippen LogP contribution in [0.15, 0.2) is 30.3 Å². The lowest BCUT2D eigenvalue weighted by Crippen LogP contribution is -2.28. The molecule has 78 valence electrons. The van der Waals surface area contributed by atoms with E-state index in [1.807, 2.05) is 6.07 Å². The Balaban J connectivity index is 1.92. The molecule has 1 aromatic carbocycles. The SMILES string of the molecule is O=C1C[C@H](c2ccccc2)[C@H]2CCCN12. The first kappa shape index (κ1) is 8.96. The first-order valence-electron chi connectivity index (χ1n) is 5.70. The zero-order chi connectivity index (χ0) is 10.3. The lowest BCUT2D eigenvalue weighted by molar-refractivity contribution is -0.127. The topological polar surface area (TPSA) is 20.3 Å². The molecule has 2 fully saturated rings. The summed E-state index contributed by atoms with van der Waals surface area (Å²) < 4.78 is 0. The molecule has 2 heterocycles. The Hall–Kier alpha value is -1.31. The molecule has 0 aromatic heterocycles. The van der Waals surface area contributed by atoms with Crippen LogP contribution in [0.3, 0.4) is 0 Å². The normalized spacial score (nSPS) is 29.6. The molecule has 1 amide bonds. The van der Waals surface area contributed by atoms with Crippen LogP contribution in [0.5, 0.6) is 0 Å². The van der Waals surface area contributed by atoms with Gasteiger partial charge in [-0.15, -0.1) is 0 Å². The van der Waals surface area contributed by atoms with Crippen LogP contribution in [0.25, 0.3) is 0 Å². The Morgan fingerprint density at radius 3 is 2.80 bits per heavy atom. The fourth-order valence-electron chi connectivity index (χ4n) is 3.00. The van der Waals surface area contributed by atoms with Crippen molar-refractivity contribution in [2.45, 2.75) is 31.2 Å². The Morgan fingerprint density at radius 2 is 2.00 bits per heavy atom. The molecule has 0 aliphatic carbocycles. The highest BCUT2D eigenvalue weighted by atomic mass is 16.2. The van der Waals surface area contributed by atoms with Gasteiger partial charge in [0.05, 0.1) is 0 Å². The van der Waals surface area contributed by atoms with Gasteiger partial charge in [-0.25, -0.2) is 0 Å². The molecule has 15 heavy (non-hydrogen) atoms. The highest BCUT2D eigenvalue weighted by Crippen LogP contribution is 2.39. The quantitative estimate of drug-likeness (QED) is 0.682. The number of benzene rings is 1. The van der Waals surface area contributed by atoms with E-state index in [2.05, 4.69) is 29.2 Å². The summed E-state index contributed by atoms with van der Waals surface area (Å²) in [5.41, 5.74) is 1.33. The van der Waals surface area contributed by atoms with E-state index in [0.717, 1.165) is 6.54 Å². The van der Waals surface area contributed by atoms with Gasteiger partial charge in [0, 0.05) is 24.9 Å². The number of carbonyl (C=O) groups excluding carboxylic acids is 1. The monoisotopic (exact) mass is 201 g/mol. The highest BCUT2D eigenvalue weighted by molar-refractivity contribution is 5.81. The number of fused-ring (bicyclic) bond motifs is 1. The molecule has 2 atom stereocenters. The minimum atomic E-state index is 0.353. The van der Waals surface area contributed by atoms with Crippen molar-refractivity contribution in [3.63, 3.8) is 0 Å². The summed E-state index contributed by atoms with van der Waals surface area (Å²) >= 11 is 0. The second-order valence-corrected chi connectivity index (χ2v) is 4.52. The third-order valence-corrected chi connectivity index (χ3v) is 3.71. The van der Waals surface area contributed by atoms with E-state index in [0.29, 0.717) is 24.3 Å². The number of amides is 1. The average Bonchev–Trinajstić information content (AvgIpc) is 2.84. The molecule has 0 spiro atoms. The zero-order valence-corrected chi connectivity index (χ0v) is 8.73. The summed E-state index contributed by atoms with van der Waals surface area (Å²) in [6.07, 6.45) is 3.08. The maximum absolute atomic E-state index is 11.8. The molecule has 0 saturated carbocycles. The Morgan fingerprint density at radius 1 is 1.20 bits per heavy atom. The van der Waals surface area contributed by atoms with E-state index in [4.69, 9.17) is 0 Å². The van der Waals surface area contributed by atoms with Gasteiger partial charge in [0.1, 0.15) is 0 Å². The molecule has 0 unspecified atom stereocenters. The van der Waals surface area contributed by atoms with Crippen molar-refractivity contribution in [2.24, 2.45) is 0 Å². The largest absolute Gasteiger partial charge is 0.339 e. The zero-order valence-electron chi connectivity index (χ0n) is 8.73. The van der Waals surface area contributed by atoms with Crippen molar-refractivity contribution in [3.05, 3.63) is 35.9 Å². The molecule has 2 aliphatic heterocycles. The Kier molecular flexibility index (Phi) is 2.01. The lowest BCUT2D eigenvalue weighted by Gasteiger charge is -2.20. The number of hydrogen-bond donors (Lipinski definition) is 0. The van der Waals surface area contributed by atoms with E-state index in [-0.39, 0.29) is 0 Å². The maximum atomic E-state index is 11.8. The van der Waals surface area contributed by atoms with E-state index >= 15 is 0 Å². The van der Waals surface area contributed by atoms with Gasteiger partial charge in [0.2, 0.25) is 5.91 Å². The van der Waals surface area contributed by atoms with Crippen LogP contribution in [-0.2, 0) is 4.79 Å². The standard InChI is InChI=1S/C13H15NO/c15-13-9-11(10-5-2-1-3-6-10)12-7-4-8-14(12)13/h1-3,5-6,11-12H,4,7-9H2/t11-,12-/m1/s1. The summed E-state index contributed by atoms with van der Waals surface area (Å²) in [5.74, 6) is 0.799. The molecule has 0 bridgehead atoms. The van der Waals surface area contributed by atoms with Gasteiger partial charge in [-0.1, -0.05) is 30.3 Å². The van der Waals surface area contributed by atoms with E-state index in [9.17, 15) is 4.79 Å². The molecule has 2 heteroatoms. The summed E-state index contributed by atoms with van der Waals surface area (Å²) in [4.78, 5) is 13.8. The number of rotatable bonds is 1. The van der Waals surface area contributed by atoms with E-state index in [1.54, 1.807) is 0 Å². The molecular weight excluding hydrogens is 186 g/mol. The summed E-state index contributed by atoms with van der Waals surface area (Å²) in [6.45, 7) is 0.979. The van der Waals surface area contributed by atoms with Gasteiger partial charge in [0.15, 0.2) is 0 Å². The summed E-state index contributed by atoms with van der Waals surface area (Å²) in [7, 11) is 0. The molecule has 2 aliphatic rings. The predicted octanol–water partition coefficient (Wildman–Crippen LogP) is 2.16. The first-order valence-corrected chi connectivity index (χ1v) is 5.70. The smallest absolute Gasteiger partial charge is 0.223 e. The van der Waals surface area contributed by atoms with Crippen molar-refractivity contribution < 1.29 is 4.79 Å². The summed E-state index contributed by atoms with van der Waals surface area (Å²) in [5, 5.41) is 0. The second-order valence-electron chi connectivity index (χ2n) is 4.52. The number of hydrogen-bond acceptors (Lipinski definition) is 1. The molecule has 0 radical (unpaired) electrons. The van der Waals surface area contributed by atoms with Crippen LogP contribution in [0, 0.1) is 0 Å². The molecule has 0 N–H and O–H groups in total. The highest BCUT2D eigenvalue weighted by Gasteiger charge is 2.42. The van der Waals surface area contributed by atoms with Gasteiger partial charge in [-0.05, 0) is 18.4 Å². The van der Waals surface area contributed by atoms with Gasteiger partial charge in [-0.3, -0.25) is 4.79 Å². The fraction of sp³-hybridized carbons (Fsp3) is 0.462. The second kappa shape index (κ2) is 3.37. The van der Waals surface area contributed by atoms with Crippen LogP contribution in [0.4, 0.5) is 0 Å². The van der Waals surface area contributed by atoms with Crippen LogP contribution in [0.1, 0.15) is 30.7 Å². The molecule has 2 saturated heterocycles. The van der Waals surface area contributed by atoms with E-state index < -0.39 is 0 Å². The maximum Gasteiger partial charge on any atom is 0.223 e. The van der Waals surface area contributed by atoms with Gasteiger partial charge in [-0.2, -0.15) is 0 Å². The van der Waals surface area contributed by atoms with Crippen LogP contribution in [-0.4, -0.2) is 23.4 Å². The van der Waals surface area contributed by atoms with Crippen LogP contribution in [0.2, 0.25) is 0 Å².